The van der Waals surface area contributed by atoms with Crippen molar-refractivity contribution < 1.29 is 4.74 Å². The molecule has 0 amide bonds. The molecule has 0 N–H and O–H groups in total. The number of pyridine rings is 1. The van der Waals surface area contributed by atoms with Crippen LogP contribution in [0.3, 0.4) is 0 Å². The Labute approximate surface area is 84.3 Å². The van der Waals surface area contributed by atoms with Crippen molar-refractivity contribution in [3.63, 3.8) is 0 Å². The highest BCUT2D eigenvalue weighted by Gasteiger charge is 2.15. The lowest BCUT2D eigenvalue weighted by atomic mass is 10.00. The van der Waals surface area contributed by atoms with Crippen LogP contribution in [-0.4, -0.2) is 18.2 Å². The standard InChI is InChI=1S/C12H13NO/c1-2-12-4-3-10(8-13-12)7-11-5-6-14-9-11/h1,3-4,8,11H,5-7,9H2/t11-/m1/s1. The third-order valence-corrected chi connectivity index (χ3v) is 2.52. The number of rotatable bonds is 2. The molecule has 2 heteroatoms. The van der Waals surface area contributed by atoms with E-state index >= 15 is 0 Å². The summed E-state index contributed by atoms with van der Waals surface area (Å²) in [6, 6.07) is 3.95. The minimum absolute atomic E-state index is 0.661. The molecule has 1 aliphatic heterocycles. The van der Waals surface area contributed by atoms with Gasteiger partial charge in [-0.15, -0.1) is 6.42 Å². The van der Waals surface area contributed by atoms with Crippen LogP contribution in [0, 0.1) is 18.3 Å². The molecule has 0 aromatic carbocycles. The Kier molecular flexibility index (Phi) is 2.81. The summed E-state index contributed by atoms with van der Waals surface area (Å²) < 4.78 is 5.32. The van der Waals surface area contributed by atoms with Gasteiger partial charge in [0.05, 0.1) is 0 Å². The van der Waals surface area contributed by atoms with Crippen LogP contribution in [0.2, 0.25) is 0 Å². The summed E-state index contributed by atoms with van der Waals surface area (Å²) in [4.78, 5) is 4.16. The van der Waals surface area contributed by atoms with Crippen LogP contribution in [0.1, 0.15) is 17.7 Å². The van der Waals surface area contributed by atoms with Gasteiger partial charge in [0.2, 0.25) is 0 Å². The van der Waals surface area contributed by atoms with E-state index in [9.17, 15) is 0 Å². The minimum Gasteiger partial charge on any atom is -0.381 e. The van der Waals surface area contributed by atoms with Crippen molar-refractivity contribution in [3.05, 3.63) is 29.6 Å². The first kappa shape index (κ1) is 9.23. The van der Waals surface area contributed by atoms with Crippen molar-refractivity contribution in [1.82, 2.24) is 4.98 Å². The van der Waals surface area contributed by atoms with E-state index in [1.807, 2.05) is 12.3 Å². The maximum Gasteiger partial charge on any atom is 0.112 e. The average Bonchev–Trinajstić information content (AvgIpc) is 2.72. The van der Waals surface area contributed by atoms with Crippen molar-refractivity contribution in [2.24, 2.45) is 5.92 Å². The monoisotopic (exact) mass is 187 g/mol. The van der Waals surface area contributed by atoms with E-state index in [4.69, 9.17) is 11.2 Å². The topological polar surface area (TPSA) is 22.1 Å². The summed E-state index contributed by atoms with van der Waals surface area (Å²) in [7, 11) is 0. The maximum atomic E-state index is 5.32. The average molecular weight is 187 g/mol. The summed E-state index contributed by atoms with van der Waals surface area (Å²) in [6.07, 6.45) is 9.32. The van der Waals surface area contributed by atoms with Crippen molar-refractivity contribution in [2.45, 2.75) is 12.8 Å². The molecule has 0 unspecified atom stereocenters. The summed E-state index contributed by atoms with van der Waals surface area (Å²) >= 11 is 0. The molecule has 0 aliphatic carbocycles. The van der Waals surface area contributed by atoms with Crippen molar-refractivity contribution in [3.8, 4) is 12.3 Å². The zero-order valence-corrected chi connectivity index (χ0v) is 8.07. The molecule has 1 fully saturated rings. The number of terminal acetylenes is 1. The minimum atomic E-state index is 0.661. The van der Waals surface area contributed by atoms with E-state index in [2.05, 4.69) is 17.0 Å². The summed E-state index contributed by atoms with van der Waals surface area (Å²) in [5.41, 5.74) is 1.95. The van der Waals surface area contributed by atoms with Crippen molar-refractivity contribution >= 4 is 0 Å². The molecule has 0 bridgehead atoms. The fourth-order valence-electron chi connectivity index (χ4n) is 1.71. The third-order valence-electron chi connectivity index (χ3n) is 2.52. The van der Waals surface area contributed by atoms with Gasteiger partial charge in [-0.2, -0.15) is 0 Å². The van der Waals surface area contributed by atoms with E-state index < -0.39 is 0 Å². The van der Waals surface area contributed by atoms with Gasteiger partial charge >= 0.3 is 0 Å². The van der Waals surface area contributed by atoms with Crippen LogP contribution in [0.15, 0.2) is 18.3 Å². The molecule has 1 atom stereocenters. The van der Waals surface area contributed by atoms with Crippen molar-refractivity contribution in [1.29, 1.82) is 0 Å². The molecule has 1 aliphatic rings. The summed E-state index contributed by atoms with van der Waals surface area (Å²) in [5, 5.41) is 0. The van der Waals surface area contributed by atoms with Crippen LogP contribution in [0.5, 0.6) is 0 Å². The van der Waals surface area contributed by atoms with E-state index in [-0.39, 0.29) is 0 Å². The molecule has 0 radical (unpaired) electrons. The Bertz CT molecular complexity index is 330. The molecule has 1 aromatic rings. The van der Waals surface area contributed by atoms with Crippen LogP contribution < -0.4 is 0 Å². The Morgan fingerprint density at radius 1 is 1.57 bits per heavy atom. The molecule has 72 valence electrons. The largest absolute Gasteiger partial charge is 0.381 e. The fourth-order valence-corrected chi connectivity index (χ4v) is 1.71. The highest BCUT2D eigenvalue weighted by atomic mass is 16.5. The lowest BCUT2D eigenvalue weighted by Gasteiger charge is -2.06. The van der Waals surface area contributed by atoms with Gasteiger partial charge in [-0.05, 0) is 30.4 Å². The van der Waals surface area contributed by atoms with E-state index in [1.54, 1.807) is 0 Å². The van der Waals surface area contributed by atoms with Gasteiger partial charge in [-0.3, -0.25) is 0 Å². The smallest absolute Gasteiger partial charge is 0.112 e. The third kappa shape index (κ3) is 2.12. The zero-order valence-electron chi connectivity index (χ0n) is 8.07. The van der Waals surface area contributed by atoms with E-state index in [1.165, 1.54) is 5.56 Å². The molecule has 1 saturated heterocycles. The molecule has 14 heavy (non-hydrogen) atoms. The predicted octanol–water partition coefficient (Wildman–Crippen LogP) is 1.64. The number of hydrogen-bond donors (Lipinski definition) is 0. The molecule has 0 spiro atoms. The molecular weight excluding hydrogens is 174 g/mol. The Hall–Kier alpha value is -1.33. The van der Waals surface area contributed by atoms with Gasteiger partial charge < -0.3 is 4.74 Å². The lowest BCUT2D eigenvalue weighted by molar-refractivity contribution is 0.186. The van der Waals surface area contributed by atoms with Crippen LogP contribution >= 0.6 is 0 Å². The molecule has 2 heterocycles. The molecule has 2 nitrogen and oxygen atoms in total. The number of ether oxygens (including phenoxy) is 1. The van der Waals surface area contributed by atoms with Gasteiger partial charge in [0, 0.05) is 19.4 Å². The van der Waals surface area contributed by atoms with Gasteiger partial charge in [0.1, 0.15) is 5.69 Å². The second-order valence-electron chi connectivity index (χ2n) is 3.63. The lowest BCUT2D eigenvalue weighted by Crippen LogP contribution is -2.03. The summed E-state index contributed by atoms with van der Waals surface area (Å²) in [5.74, 6) is 3.17. The van der Waals surface area contributed by atoms with E-state index in [0.717, 1.165) is 26.1 Å². The SMILES string of the molecule is C#Cc1ccc(C[C@H]2CCOC2)cn1. The van der Waals surface area contributed by atoms with Crippen LogP contribution in [-0.2, 0) is 11.2 Å². The quantitative estimate of drug-likeness (QED) is 0.657. The Morgan fingerprint density at radius 2 is 2.50 bits per heavy atom. The first-order chi connectivity index (χ1) is 6.88. The number of nitrogens with zero attached hydrogens (tertiary/aromatic N) is 1. The Morgan fingerprint density at radius 3 is 3.07 bits per heavy atom. The first-order valence-corrected chi connectivity index (χ1v) is 4.88. The van der Waals surface area contributed by atoms with Gasteiger partial charge in [0.15, 0.2) is 0 Å². The highest BCUT2D eigenvalue weighted by Crippen LogP contribution is 2.17. The van der Waals surface area contributed by atoms with Gasteiger partial charge in [-0.1, -0.05) is 12.0 Å². The number of hydrogen-bond acceptors (Lipinski definition) is 2. The molecule has 0 saturated carbocycles. The van der Waals surface area contributed by atoms with Gasteiger partial charge in [-0.25, -0.2) is 4.98 Å². The fraction of sp³-hybridized carbons (Fsp3) is 0.417. The van der Waals surface area contributed by atoms with Crippen molar-refractivity contribution in [2.75, 3.05) is 13.2 Å². The maximum absolute atomic E-state index is 5.32. The van der Waals surface area contributed by atoms with Crippen LogP contribution in [0.4, 0.5) is 0 Å². The second kappa shape index (κ2) is 4.26. The molecular formula is C12H13NO. The van der Waals surface area contributed by atoms with E-state index in [0.29, 0.717) is 11.6 Å². The second-order valence-corrected chi connectivity index (χ2v) is 3.63. The zero-order chi connectivity index (χ0) is 9.80. The number of aromatic nitrogens is 1. The first-order valence-electron chi connectivity index (χ1n) is 4.88. The van der Waals surface area contributed by atoms with Crippen LogP contribution in [0.25, 0.3) is 0 Å². The summed E-state index contributed by atoms with van der Waals surface area (Å²) in [6.45, 7) is 1.79. The highest BCUT2D eigenvalue weighted by molar-refractivity contribution is 5.26. The predicted molar refractivity (Wildman–Crippen MR) is 54.8 cm³/mol. The molecule has 2 rings (SSSR count). The Balaban J connectivity index is 1.99. The van der Waals surface area contributed by atoms with Gasteiger partial charge in [0.25, 0.3) is 0 Å². The molecule has 1 aromatic heterocycles. The normalized spacial score (nSPS) is 20.6.